The summed E-state index contributed by atoms with van der Waals surface area (Å²) in [6.07, 6.45) is 1.86. The van der Waals surface area contributed by atoms with E-state index in [-0.39, 0.29) is 6.04 Å². The van der Waals surface area contributed by atoms with Gasteiger partial charge in [-0.1, -0.05) is 58.4 Å². The Hall–Kier alpha value is -1.98. The van der Waals surface area contributed by atoms with Gasteiger partial charge >= 0.3 is 0 Å². The first kappa shape index (κ1) is 16.9. The Morgan fingerprint density at radius 1 is 1.08 bits per heavy atom. The van der Waals surface area contributed by atoms with Gasteiger partial charge in [-0.3, -0.25) is 4.99 Å². The fourth-order valence-electron chi connectivity index (χ4n) is 2.24. The van der Waals surface area contributed by atoms with Crippen molar-refractivity contribution in [2.75, 3.05) is 0 Å². The first-order valence-electron chi connectivity index (χ1n) is 7.73. The Balaban J connectivity index is 2.08. The fraction of sp³-hybridized carbons (Fsp3) is 0.158. The first-order chi connectivity index (χ1) is 11.6. The molecule has 3 rings (SSSR count). The molecule has 1 heterocycles. The minimum absolute atomic E-state index is 0.222. The van der Waals surface area contributed by atoms with E-state index in [9.17, 15) is 0 Å². The predicted octanol–water partition coefficient (Wildman–Crippen LogP) is 5.17. The highest BCUT2D eigenvalue weighted by Crippen LogP contribution is 2.20. The van der Waals surface area contributed by atoms with Crippen molar-refractivity contribution in [1.82, 2.24) is 4.68 Å². The molecule has 3 aromatic rings. The van der Waals surface area contributed by atoms with Gasteiger partial charge in [0.25, 0.3) is 0 Å². The zero-order chi connectivity index (χ0) is 16.9. The van der Waals surface area contributed by atoms with Gasteiger partial charge in [-0.2, -0.15) is 5.10 Å². The van der Waals surface area contributed by atoms with Gasteiger partial charge in [0.1, 0.15) is 0 Å². The van der Waals surface area contributed by atoms with Crippen LogP contribution in [0.15, 0.2) is 74.5 Å². The lowest BCUT2D eigenvalue weighted by Crippen LogP contribution is -2.14. The Morgan fingerprint density at radius 3 is 2.58 bits per heavy atom. The fourth-order valence-corrected chi connectivity index (χ4v) is 3.63. The van der Waals surface area contributed by atoms with Gasteiger partial charge in [0.2, 0.25) is 4.80 Å². The molecule has 0 saturated carbocycles. The molecule has 0 atom stereocenters. The van der Waals surface area contributed by atoms with Crippen LogP contribution in [0.1, 0.15) is 19.4 Å². The van der Waals surface area contributed by atoms with Crippen molar-refractivity contribution in [2.45, 2.75) is 19.9 Å². The quantitative estimate of drug-likeness (QED) is 0.541. The van der Waals surface area contributed by atoms with E-state index in [4.69, 9.17) is 10.1 Å². The maximum atomic E-state index is 4.69. The summed E-state index contributed by atoms with van der Waals surface area (Å²) >= 11 is 5.11. The number of benzene rings is 2. The van der Waals surface area contributed by atoms with Crippen LogP contribution in [0.5, 0.6) is 0 Å². The van der Waals surface area contributed by atoms with Crippen LogP contribution >= 0.6 is 27.3 Å². The standard InChI is InChI=1S/C19H18BrN3S/c1-14(2)22-19-23(21-12-15-7-6-10-17(20)11-15)18(13-24-19)16-8-4-3-5-9-16/h3-14H,1-2H3. The summed E-state index contributed by atoms with van der Waals surface area (Å²) in [4.78, 5) is 5.59. The number of aromatic nitrogens is 1. The maximum Gasteiger partial charge on any atom is 0.206 e. The second-order valence-corrected chi connectivity index (χ2v) is 7.36. The van der Waals surface area contributed by atoms with Crippen molar-refractivity contribution in [3.63, 3.8) is 0 Å². The van der Waals surface area contributed by atoms with Gasteiger partial charge in [0.05, 0.1) is 11.9 Å². The third kappa shape index (κ3) is 4.10. The summed E-state index contributed by atoms with van der Waals surface area (Å²) in [5.74, 6) is 0. The van der Waals surface area contributed by atoms with E-state index in [1.54, 1.807) is 11.3 Å². The lowest BCUT2D eigenvalue weighted by Gasteiger charge is -2.04. The summed E-state index contributed by atoms with van der Waals surface area (Å²) in [6.45, 7) is 4.15. The van der Waals surface area contributed by atoms with E-state index in [1.807, 2.05) is 53.4 Å². The molecular formula is C19H18BrN3S. The molecular weight excluding hydrogens is 382 g/mol. The highest BCUT2D eigenvalue weighted by molar-refractivity contribution is 9.10. The summed E-state index contributed by atoms with van der Waals surface area (Å²) < 4.78 is 2.96. The molecule has 5 heteroatoms. The van der Waals surface area contributed by atoms with Crippen molar-refractivity contribution in [3.05, 3.63) is 74.8 Å². The first-order valence-corrected chi connectivity index (χ1v) is 9.40. The summed E-state index contributed by atoms with van der Waals surface area (Å²) in [5, 5.41) is 6.80. The van der Waals surface area contributed by atoms with E-state index >= 15 is 0 Å². The van der Waals surface area contributed by atoms with Gasteiger partial charge < -0.3 is 0 Å². The summed E-state index contributed by atoms with van der Waals surface area (Å²) in [6, 6.07) is 18.6. The van der Waals surface area contributed by atoms with Gasteiger partial charge in [-0.25, -0.2) is 4.68 Å². The minimum Gasteiger partial charge on any atom is -0.255 e. The Morgan fingerprint density at radius 2 is 1.88 bits per heavy atom. The number of thiazole rings is 1. The van der Waals surface area contributed by atoms with E-state index in [1.165, 1.54) is 0 Å². The second kappa shape index (κ2) is 7.73. The SMILES string of the molecule is CC(C)N=c1scc(-c2ccccc2)n1N=Cc1cccc(Br)c1. The van der Waals surface area contributed by atoms with Crippen molar-refractivity contribution < 1.29 is 0 Å². The molecule has 0 saturated heterocycles. The van der Waals surface area contributed by atoms with Crippen LogP contribution < -0.4 is 4.80 Å². The Bertz CT molecular complexity index is 908. The molecule has 0 unspecified atom stereocenters. The van der Waals surface area contributed by atoms with E-state index in [2.05, 4.69) is 47.3 Å². The van der Waals surface area contributed by atoms with Gasteiger partial charge in [-0.15, -0.1) is 11.3 Å². The smallest absolute Gasteiger partial charge is 0.206 e. The normalized spacial score (nSPS) is 12.4. The molecule has 0 aliphatic carbocycles. The van der Waals surface area contributed by atoms with Gasteiger partial charge in [0, 0.05) is 21.5 Å². The third-order valence-electron chi connectivity index (χ3n) is 3.29. The molecule has 122 valence electrons. The van der Waals surface area contributed by atoms with Crippen molar-refractivity contribution in [3.8, 4) is 11.3 Å². The molecule has 0 aliphatic heterocycles. The van der Waals surface area contributed by atoms with Gasteiger partial charge in [-0.05, 0) is 31.5 Å². The molecule has 0 radical (unpaired) electrons. The van der Waals surface area contributed by atoms with Crippen LogP contribution in [0.25, 0.3) is 11.3 Å². The highest BCUT2D eigenvalue weighted by atomic mass is 79.9. The molecule has 0 spiro atoms. The molecule has 24 heavy (non-hydrogen) atoms. The van der Waals surface area contributed by atoms with Crippen LogP contribution in [0.4, 0.5) is 0 Å². The molecule has 0 aliphatic rings. The predicted molar refractivity (Wildman–Crippen MR) is 106 cm³/mol. The molecule has 0 N–H and O–H groups in total. The highest BCUT2D eigenvalue weighted by Gasteiger charge is 2.07. The number of nitrogens with zero attached hydrogens (tertiary/aromatic N) is 3. The lowest BCUT2D eigenvalue weighted by molar-refractivity contribution is 0.754. The van der Waals surface area contributed by atoms with Crippen LogP contribution in [-0.4, -0.2) is 16.9 Å². The van der Waals surface area contributed by atoms with Crippen molar-refractivity contribution in [1.29, 1.82) is 0 Å². The third-order valence-corrected chi connectivity index (χ3v) is 4.62. The van der Waals surface area contributed by atoms with Crippen LogP contribution in [0.3, 0.4) is 0 Å². The molecule has 3 nitrogen and oxygen atoms in total. The van der Waals surface area contributed by atoms with Crippen LogP contribution in [-0.2, 0) is 0 Å². The van der Waals surface area contributed by atoms with E-state index < -0.39 is 0 Å². The Kier molecular flexibility index (Phi) is 5.43. The monoisotopic (exact) mass is 399 g/mol. The van der Waals surface area contributed by atoms with Gasteiger partial charge in [0.15, 0.2) is 0 Å². The molecule has 0 bridgehead atoms. The molecule has 1 aromatic heterocycles. The molecule has 2 aromatic carbocycles. The summed E-state index contributed by atoms with van der Waals surface area (Å²) in [7, 11) is 0. The number of hydrogen-bond donors (Lipinski definition) is 0. The lowest BCUT2D eigenvalue weighted by atomic mass is 10.2. The van der Waals surface area contributed by atoms with Crippen molar-refractivity contribution in [2.24, 2.45) is 10.1 Å². The van der Waals surface area contributed by atoms with E-state index in [0.717, 1.165) is 26.1 Å². The summed E-state index contributed by atoms with van der Waals surface area (Å²) in [5.41, 5.74) is 3.22. The van der Waals surface area contributed by atoms with Crippen molar-refractivity contribution >= 4 is 33.5 Å². The number of rotatable bonds is 4. The number of hydrogen-bond acceptors (Lipinski definition) is 3. The molecule has 0 fully saturated rings. The minimum atomic E-state index is 0.222. The topological polar surface area (TPSA) is 29.6 Å². The zero-order valence-electron chi connectivity index (χ0n) is 13.6. The van der Waals surface area contributed by atoms with Crippen LogP contribution in [0, 0.1) is 0 Å². The average molecular weight is 400 g/mol. The average Bonchev–Trinajstić information content (AvgIpc) is 2.96. The zero-order valence-corrected chi connectivity index (χ0v) is 16.0. The Labute approximate surface area is 154 Å². The number of halogens is 1. The van der Waals surface area contributed by atoms with E-state index in [0.29, 0.717) is 0 Å². The maximum absolute atomic E-state index is 4.69. The largest absolute Gasteiger partial charge is 0.255 e. The second-order valence-electron chi connectivity index (χ2n) is 5.60. The van der Waals surface area contributed by atoms with Crippen LogP contribution in [0.2, 0.25) is 0 Å². The molecule has 0 amide bonds.